The molecule has 0 atom stereocenters. The van der Waals surface area contributed by atoms with E-state index in [4.69, 9.17) is 0 Å². The van der Waals surface area contributed by atoms with Gasteiger partial charge in [0.2, 0.25) is 10.0 Å². The molecular formula is C13H24N2O2S. The molecule has 3 saturated heterocycles. The van der Waals surface area contributed by atoms with Crippen molar-refractivity contribution >= 4 is 10.0 Å². The van der Waals surface area contributed by atoms with Gasteiger partial charge in [0.05, 0.1) is 5.75 Å². The van der Waals surface area contributed by atoms with Crippen LogP contribution in [0.3, 0.4) is 0 Å². The van der Waals surface area contributed by atoms with E-state index in [-0.39, 0.29) is 0 Å². The van der Waals surface area contributed by atoms with E-state index in [1.54, 1.807) is 4.31 Å². The van der Waals surface area contributed by atoms with Crippen LogP contribution >= 0.6 is 0 Å². The lowest BCUT2D eigenvalue weighted by atomic mass is 10.0. The average molecular weight is 272 g/mol. The second-order valence-electron chi connectivity index (χ2n) is 5.98. The van der Waals surface area contributed by atoms with Crippen molar-refractivity contribution in [2.45, 2.75) is 57.0 Å². The summed E-state index contributed by atoms with van der Waals surface area (Å²) in [7, 11) is -3.00. The van der Waals surface area contributed by atoms with E-state index in [1.165, 1.54) is 32.1 Å². The van der Waals surface area contributed by atoms with Crippen LogP contribution in [0.5, 0.6) is 0 Å². The molecule has 3 aliphatic rings. The number of fused-ring (bicyclic) bond motifs is 2. The third-order valence-electron chi connectivity index (χ3n) is 4.92. The predicted molar refractivity (Wildman–Crippen MR) is 72.0 cm³/mol. The van der Waals surface area contributed by atoms with E-state index in [2.05, 4.69) is 4.90 Å². The van der Waals surface area contributed by atoms with E-state index in [9.17, 15) is 8.42 Å². The summed E-state index contributed by atoms with van der Waals surface area (Å²) in [4.78, 5) is 2.46. The Morgan fingerprint density at radius 2 is 1.44 bits per heavy atom. The summed E-state index contributed by atoms with van der Waals surface area (Å²) >= 11 is 0. The standard InChI is InChI=1S/C13H24N2O2S/c16-18(17,14-8-2-1-3-9-14)11-10-15-12-4-5-13(15)7-6-12/h12-13H,1-11H2. The molecule has 0 amide bonds. The zero-order chi connectivity index (χ0) is 12.6. The second-order valence-corrected chi connectivity index (χ2v) is 8.06. The number of nitrogens with zero attached hydrogens (tertiary/aromatic N) is 2. The van der Waals surface area contributed by atoms with Crippen molar-refractivity contribution in [2.75, 3.05) is 25.4 Å². The van der Waals surface area contributed by atoms with E-state index < -0.39 is 10.0 Å². The average Bonchev–Trinajstić information content (AvgIpc) is 2.97. The molecular weight excluding hydrogens is 248 g/mol. The number of hydrogen-bond donors (Lipinski definition) is 0. The quantitative estimate of drug-likeness (QED) is 0.777. The summed E-state index contributed by atoms with van der Waals surface area (Å²) in [5.74, 6) is 0.333. The first kappa shape index (κ1) is 12.9. The van der Waals surface area contributed by atoms with Crippen LogP contribution in [0, 0.1) is 0 Å². The minimum absolute atomic E-state index is 0.333. The first-order valence-corrected chi connectivity index (χ1v) is 9.01. The highest BCUT2D eigenvalue weighted by Crippen LogP contribution is 2.37. The molecule has 2 bridgehead atoms. The van der Waals surface area contributed by atoms with Crippen LogP contribution in [0.4, 0.5) is 0 Å². The van der Waals surface area contributed by atoms with Gasteiger partial charge in [-0.15, -0.1) is 0 Å². The van der Waals surface area contributed by atoms with Crippen molar-refractivity contribution in [3.8, 4) is 0 Å². The predicted octanol–water partition coefficient (Wildman–Crippen LogP) is 1.43. The first-order chi connectivity index (χ1) is 8.67. The van der Waals surface area contributed by atoms with Gasteiger partial charge in [0.1, 0.15) is 0 Å². The van der Waals surface area contributed by atoms with Gasteiger partial charge in [-0.3, -0.25) is 4.90 Å². The topological polar surface area (TPSA) is 40.6 Å². The SMILES string of the molecule is O=S(=O)(CCN1C2CCC1CC2)N1CCCCC1. The van der Waals surface area contributed by atoms with Crippen molar-refractivity contribution in [3.05, 3.63) is 0 Å². The largest absolute Gasteiger partial charge is 0.296 e. The Morgan fingerprint density at radius 3 is 2.00 bits per heavy atom. The maximum atomic E-state index is 12.3. The lowest BCUT2D eigenvalue weighted by Gasteiger charge is -2.28. The molecule has 18 heavy (non-hydrogen) atoms. The molecule has 0 aliphatic carbocycles. The molecule has 0 N–H and O–H groups in total. The van der Waals surface area contributed by atoms with Crippen LogP contribution in [-0.2, 0) is 10.0 Å². The summed E-state index contributed by atoms with van der Waals surface area (Å²) in [6.45, 7) is 2.25. The Morgan fingerprint density at radius 1 is 0.889 bits per heavy atom. The van der Waals surface area contributed by atoms with Crippen molar-refractivity contribution in [1.29, 1.82) is 0 Å². The fraction of sp³-hybridized carbons (Fsp3) is 1.00. The van der Waals surface area contributed by atoms with Gasteiger partial charge in [-0.05, 0) is 38.5 Å². The maximum absolute atomic E-state index is 12.3. The smallest absolute Gasteiger partial charge is 0.215 e. The van der Waals surface area contributed by atoms with E-state index in [1.807, 2.05) is 0 Å². The van der Waals surface area contributed by atoms with Gasteiger partial charge in [0.15, 0.2) is 0 Å². The highest BCUT2D eigenvalue weighted by atomic mass is 32.2. The van der Waals surface area contributed by atoms with Crippen LogP contribution in [0.1, 0.15) is 44.9 Å². The Kier molecular flexibility index (Phi) is 3.65. The summed E-state index contributed by atoms with van der Waals surface area (Å²) in [5.41, 5.74) is 0. The molecule has 0 unspecified atom stereocenters. The Hall–Kier alpha value is -0.130. The number of sulfonamides is 1. The molecule has 5 heteroatoms. The zero-order valence-electron chi connectivity index (χ0n) is 11.1. The third kappa shape index (κ3) is 2.45. The van der Waals surface area contributed by atoms with Crippen LogP contribution in [0.15, 0.2) is 0 Å². The molecule has 3 rings (SSSR count). The Balaban J connectivity index is 1.55. The van der Waals surface area contributed by atoms with Crippen LogP contribution < -0.4 is 0 Å². The fourth-order valence-corrected chi connectivity index (χ4v) is 5.39. The van der Waals surface area contributed by atoms with Crippen LogP contribution in [0.2, 0.25) is 0 Å². The van der Waals surface area contributed by atoms with E-state index in [0.717, 1.165) is 32.5 Å². The summed E-state index contributed by atoms with van der Waals surface area (Å²) in [5, 5.41) is 0. The maximum Gasteiger partial charge on any atom is 0.215 e. The molecule has 3 heterocycles. The molecule has 0 aromatic carbocycles. The van der Waals surface area contributed by atoms with Gasteiger partial charge in [0, 0.05) is 31.7 Å². The van der Waals surface area contributed by atoms with Gasteiger partial charge < -0.3 is 0 Å². The normalized spacial score (nSPS) is 34.2. The van der Waals surface area contributed by atoms with E-state index >= 15 is 0 Å². The molecule has 0 saturated carbocycles. The highest BCUT2D eigenvalue weighted by molar-refractivity contribution is 7.89. The molecule has 3 fully saturated rings. The van der Waals surface area contributed by atoms with Crippen LogP contribution in [-0.4, -0.2) is 55.1 Å². The number of hydrogen-bond acceptors (Lipinski definition) is 3. The van der Waals surface area contributed by atoms with Gasteiger partial charge in [-0.1, -0.05) is 6.42 Å². The minimum atomic E-state index is -3.00. The molecule has 0 radical (unpaired) electrons. The molecule has 3 aliphatic heterocycles. The molecule has 104 valence electrons. The Labute approximate surface area is 110 Å². The van der Waals surface area contributed by atoms with Crippen molar-refractivity contribution < 1.29 is 8.42 Å². The monoisotopic (exact) mass is 272 g/mol. The van der Waals surface area contributed by atoms with Crippen molar-refractivity contribution in [3.63, 3.8) is 0 Å². The minimum Gasteiger partial charge on any atom is -0.296 e. The lowest BCUT2D eigenvalue weighted by molar-refractivity contribution is 0.265. The second kappa shape index (κ2) is 5.10. The molecule has 4 nitrogen and oxygen atoms in total. The van der Waals surface area contributed by atoms with E-state index in [0.29, 0.717) is 17.8 Å². The van der Waals surface area contributed by atoms with Crippen molar-refractivity contribution in [1.82, 2.24) is 9.21 Å². The molecule has 0 spiro atoms. The number of rotatable bonds is 4. The first-order valence-electron chi connectivity index (χ1n) is 7.40. The van der Waals surface area contributed by atoms with Gasteiger partial charge in [-0.25, -0.2) is 12.7 Å². The third-order valence-corrected chi connectivity index (χ3v) is 6.77. The summed E-state index contributed by atoms with van der Waals surface area (Å²) in [6, 6.07) is 1.37. The zero-order valence-corrected chi connectivity index (χ0v) is 11.9. The summed E-state index contributed by atoms with van der Waals surface area (Å²) < 4.78 is 26.3. The van der Waals surface area contributed by atoms with Gasteiger partial charge in [-0.2, -0.15) is 0 Å². The van der Waals surface area contributed by atoms with Gasteiger partial charge in [0.25, 0.3) is 0 Å². The van der Waals surface area contributed by atoms with Crippen molar-refractivity contribution in [2.24, 2.45) is 0 Å². The van der Waals surface area contributed by atoms with Crippen LogP contribution in [0.25, 0.3) is 0 Å². The van der Waals surface area contributed by atoms with Gasteiger partial charge >= 0.3 is 0 Å². The fourth-order valence-electron chi connectivity index (χ4n) is 3.88. The Bertz CT molecular complexity index is 370. The highest BCUT2D eigenvalue weighted by Gasteiger charge is 2.39. The molecule has 0 aromatic rings. The molecule has 0 aromatic heterocycles. The lowest BCUT2D eigenvalue weighted by Crippen LogP contribution is -2.41. The summed E-state index contributed by atoms with van der Waals surface area (Å²) in [6.07, 6.45) is 8.40. The number of piperidine rings is 1.